The molecule has 0 saturated carbocycles. The van der Waals surface area contributed by atoms with Crippen LogP contribution in [-0.2, 0) is 0 Å². The van der Waals surface area contributed by atoms with Crippen LogP contribution in [0.4, 0.5) is 5.95 Å². The van der Waals surface area contributed by atoms with Gasteiger partial charge in [-0.15, -0.1) is 0 Å². The summed E-state index contributed by atoms with van der Waals surface area (Å²) in [5.41, 5.74) is 12.1. The highest BCUT2D eigenvalue weighted by atomic mass is 16.5. The lowest BCUT2D eigenvalue weighted by atomic mass is 9.96. The third kappa shape index (κ3) is 1.83. The number of nitrogen functional groups attached to an aromatic ring is 1. The van der Waals surface area contributed by atoms with Crippen molar-refractivity contribution in [3.8, 4) is 17.0 Å². The second-order valence-electron chi connectivity index (χ2n) is 4.64. The van der Waals surface area contributed by atoms with E-state index >= 15 is 0 Å². The first-order valence-corrected chi connectivity index (χ1v) is 5.93. The quantitative estimate of drug-likeness (QED) is 0.855. The number of aromatic nitrogens is 2. The molecule has 2 aromatic rings. The number of aryl methyl sites for hydroxylation is 3. The van der Waals surface area contributed by atoms with Gasteiger partial charge in [0.1, 0.15) is 5.75 Å². The molecule has 0 atom stereocenters. The first-order chi connectivity index (χ1) is 8.45. The van der Waals surface area contributed by atoms with Crippen LogP contribution in [0.3, 0.4) is 0 Å². The minimum atomic E-state index is 0.433. The number of rotatable bonds is 2. The SMILES string of the molecule is COc1c(C)c(C)cc(C)c1-c1nc(N)[nH]c1C. The third-order valence-electron chi connectivity index (χ3n) is 3.33. The summed E-state index contributed by atoms with van der Waals surface area (Å²) >= 11 is 0. The number of hydrogen-bond acceptors (Lipinski definition) is 3. The van der Waals surface area contributed by atoms with Gasteiger partial charge < -0.3 is 15.5 Å². The van der Waals surface area contributed by atoms with Gasteiger partial charge in [0.05, 0.1) is 12.8 Å². The van der Waals surface area contributed by atoms with Crippen LogP contribution in [0.15, 0.2) is 6.07 Å². The number of imidazole rings is 1. The Hall–Kier alpha value is -1.97. The molecule has 3 N–H and O–H groups in total. The Bertz CT molecular complexity index is 600. The number of benzene rings is 1. The molecular formula is C14H19N3O. The first-order valence-electron chi connectivity index (χ1n) is 5.93. The molecule has 0 radical (unpaired) electrons. The molecule has 0 unspecified atom stereocenters. The van der Waals surface area contributed by atoms with Gasteiger partial charge in [-0.25, -0.2) is 4.98 Å². The molecule has 0 aliphatic heterocycles. The summed E-state index contributed by atoms with van der Waals surface area (Å²) in [6, 6.07) is 2.15. The highest BCUT2D eigenvalue weighted by molar-refractivity contribution is 5.76. The minimum absolute atomic E-state index is 0.433. The molecule has 0 saturated heterocycles. The summed E-state index contributed by atoms with van der Waals surface area (Å²) in [6.07, 6.45) is 0. The van der Waals surface area contributed by atoms with E-state index < -0.39 is 0 Å². The van der Waals surface area contributed by atoms with E-state index in [0.717, 1.165) is 33.8 Å². The lowest BCUT2D eigenvalue weighted by Gasteiger charge is -2.15. The van der Waals surface area contributed by atoms with Gasteiger partial charge >= 0.3 is 0 Å². The van der Waals surface area contributed by atoms with E-state index in [4.69, 9.17) is 10.5 Å². The number of aromatic amines is 1. The second kappa shape index (κ2) is 4.37. The highest BCUT2D eigenvalue weighted by Crippen LogP contribution is 2.38. The van der Waals surface area contributed by atoms with Crippen LogP contribution in [0.5, 0.6) is 5.75 Å². The average molecular weight is 245 g/mol. The highest BCUT2D eigenvalue weighted by Gasteiger charge is 2.18. The lowest BCUT2D eigenvalue weighted by Crippen LogP contribution is -1.98. The van der Waals surface area contributed by atoms with Crippen molar-refractivity contribution in [3.63, 3.8) is 0 Å². The molecule has 0 aliphatic rings. The van der Waals surface area contributed by atoms with E-state index in [1.807, 2.05) is 6.92 Å². The summed E-state index contributed by atoms with van der Waals surface area (Å²) in [6.45, 7) is 8.17. The van der Waals surface area contributed by atoms with Gasteiger partial charge in [0.25, 0.3) is 0 Å². The maximum Gasteiger partial charge on any atom is 0.198 e. The molecule has 4 nitrogen and oxygen atoms in total. The summed E-state index contributed by atoms with van der Waals surface area (Å²) in [4.78, 5) is 7.39. The normalized spacial score (nSPS) is 10.7. The molecule has 0 spiro atoms. The number of nitrogens with one attached hydrogen (secondary N) is 1. The fourth-order valence-corrected chi connectivity index (χ4v) is 2.33. The van der Waals surface area contributed by atoms with E-state index in [1.165, 1.54) is 5.56 Å². The monoisotopic (exact) mass is 245 g/mol. The first kappa shape index (κ1) is 12.5. The Morgan fingerprint density at radius 3 is 2.33 bits per heavy atom. The average Bonchev–Trinajstić information content (AvgIpc) is 2.62. The van der Waals surface area contributed by atoms with Crippen LogP contribution in [0.1, 0.15) is 22.4 Å². The molecule has 0 amide bonds. The summed E-state index contributed by atoms with van der Waals surface area (Å²) < 4.78 is 5.56. The van der Waals surface area contributed by atoms with E-state index in [1.54, 1.807) is 7.11 Å². The number of anilines is 1. The fraction of sp³-hybridized carbons (Fsp3) is 0.357. The van der Waals surface area contributed by atoms with Crippen molar-refractivity contribution >= 4 is 5.95 Å². The molecule has 4 heteroatoms. The molecule has 0 bridgehead atoms. The van der Waals surface area contributed by atoms with Crippen molar-refractivity contribution in [2.24, 2.45) is 0 Å². The van der Waals surface area contributed by atoms with Crippen molar-refractivity contribution in [1.82, 2.24) is 9.97 Å². The van der Waals surface area contributed by atoms with Gasteiger partial charge in [-0.05, 0) is 44.4 Å². The molecule has 0 aliphatic carbocycles. The van der Waals surface area contributed by atoms with Crippen molar-refractivity contribution in [2.75, 3.05) is 12.8 Å². The van der Waals surface area contributed by atoms with Gasteiger partial charge in [-0.1, -0.05) is 6.07 Å². The van der Waals surface area contributed by atoms with Crippen molar-refractivity contribution in [2.45, 2.75) is 27.7 Å². The summed E-state index contributed by atoms with van der Waals surface area (Å²) in [7, 11) is 1.69. The number of H-pyrrole nitrogens is 1. The van der Waals surface area contributed by atoms with Gasteiger partial charge in [-0.2, -0.15) is 0 Å². The summed E-state index contributed by atoms with van der Waals surface area (Å²) in [5.74, 6) is 1.31. The molecule has 2 rings (SSSR count). The van der Waals surface area contributed by atoms with Crippen LogP contribution in [0.2, 0.25) is 0 Å². The zero-order valence-electron chi connectivity index (χ0n) is 11.5. The maximum atomic E-state index is 5.72. The van der Waals surface area contributed by atoms with Crippen molar-refractivity contribution < 1.29 is 4.74 Å². The van der Waals surface area contributed by atoms with Crippen LogP contribution < -0.4 is 10.5 Å². The standard InChI is InChI=1S/C14H19N3O/c1-7-6-8(2)11(13(18-5)9(7)3)12-10(4)16-14(15)17-12/h6H,1-5H3,(H3,15,16,17). The van der Waals surface area contributed by atoms with E-state index in [-0.39, 0.29) is 0 Å². The summed E-state index contributed by atoms with van der Waals surface area (Å²) in [5, 5.41) is 0. The van der Waals surface area contributed by atoms with Crippen LogP contribution in [0.25, 0.3) is 11.3 Å². The number of nitrogens with two attached hydrogens (primary N) is 1. The third-order valence-corrected chi connectivity index (χ3v) is 3.33. The number of hydrogen-bond donors (Lipinski definition) is 2. The Kier molecular flexibility index (Phi) is 3.03. The van der Waals surface area contributed by atoms with Gasteiger partial charge in [-0.3, -0.25) is 0 Å². The predicted octanol–water partition coefficient (Wildman–Crippen LogP) is 2.90. The number of nitrogens with zero attached hydrogens (tertiary/aromatic N) is 1. The molecule has 1 heterocycles. The lowest BCUT2D eigenvalue weighted by molar-refractivity contribution is 0.412. The molecule has 0 fully saturated rings. The minimum Gasteiger partial charge on any atom is -0.496 e. The zero-order valence-corrected chi connectivity index (χ0v) is 11.5. The molecule has 1 aromatic carbocycles. The zero-order chi connectivity index (χ0) is 13.4. The van der Waals surface area contributed by atoms with E-state index in [2.05, 4.69) is 36.8 Å². The van der Waals surface area contributed by atoms with Crippen LogP contribution >= 0.6 is 0 Å². The maximum absolute atomic E-state index is 5.72. The molecule has 1 aromatic heterocycles. The van der Waals surface area contributed by atoms with Gasteiger partial charge in [0.15, 0.2) is 5.95 Å². The number of methoxy groups -OCH3 is 1. The Morgan fingerprint density at radius 2 is 1.83 bits per heavy atom. The molecular weight excluding hydrogens is 226 g/mol. The van der Waals surface area contributed by atoms with Crippen molar-refractivity contribution in [1.29, 1.82) is 0 Å². The Morgan fingerprint density at radius 1 is 1.17 bits per heavy atom. The molecule has 18 heavy (non-hydrogen) atoms. The Balaban J connectivity index is 2.78. The van der Waals surface area contributed by atoms with E-state index in [0.29, 0.717) is 5.95 Å². The van der Waals surface area contributed by atoms with Crippen LogP contribution in [-0.4, -0.2) is 17.1 Å². The van der Waals surface area contributed by atoms with E-state index in [9.17, 15) is 0 Å². The fourth-order valence-electron chi connectivity index (χ4n) is 2.33. The predicted molar refractivity (Wildman–Crippen MR) is 73.9 cm³/mol. The smallest absolute Gasteiger partial charge is 0.198 e. The van der Waals surface area contributed by atoms with Crippen molar-refractivity contribution in [3.05, 3.63) is 28.5 Å². The largest absolute Gasteiger partial charge is 0.496 e. The van der Waals surface area contributed by atoms with Gasteiger partial charge in [0.2, 0.25) is 0 Å². The topological polar surface area (TPSA) is 63.9 Å². The Labute approximate surface area is 107 Å². The second-order valence-corrected chi connectivity index (χ2v) is 4.64. The van der Waals surface area contributed by atoms with Crippen LogP contribution in [0, 0.1) is 27.7 Å². The molecule has 96 valence electrons. The number of ether oxygens (including phenoxy) is 1. The van der Waals surface area contributed by atoms with Gasteiger partial charge in [0, 0.05) is 11.3 Å².